The Morgan fingerprint density at radius 2 is 2.20 bits per heavy atom. The number of rotatable bonds is 4. The van der Waals surface area contributed by atoms with Gasteiger partial charge in [-0.1, -0.05) is 13.0 Å². The van der Waals surface area contributed by atoms with Crippen LogP contribution in [0.2, 0.25) is 0 Å². The fourth-order valence-corrected chi connectivity index (χ4v) is 2.96. The summed E-state index contributed by atoms with van der Waals surface area (Å²) in [7, 11) is 0. The van der Waals surface area contributed by atoms with E-state index in [1.165, 1.54) is 11.2 Å². The molecule has 0 aliphatic rings. The van der Waals surface area contributed by atoms with Crippen LogP contribution in [-0.2, 0) is 0 Å². The molecule has 102 valence electrons. The van der Waals surface area contributed by atoms with E-state index in [-0.39, 0.29) is 6.04 Å². The summed E-state index contributed by atoms with van der Waals surface area (Å²) < 4.78 is 0. The molecule has 0 spiro atoms. The molecule has 0 aliphatic carbocycles. The first kappa shape index (κ1) is 12.8. The van der Waals surface area contributed by atoms with Crippen LogP contribution in [0.5, 0.6) is 0 Å². The van der Waals surface area contributed by atoms with Crippen LogP contribution in [0.4, 0.5) is 11.6 Å². The van der Waals surface area contributed by atoms with E-state index in [0.29, 0.717) is 11.5 Å². The topological polar surface area (TPSA) is 76.7 Å². The van der Waals surface area contributed by atoms with Crippen molar-refractivity contribution in [2.75, 3.05) is 11.1 Å². The summed E-state index contributed by atoms with van der Waals surface area (Å²) in [5, 5.41) is 6.44. The number of nitrogen functional groups attached to an aromatic ring is 1. The minimum absolute atomic E-state index is 0.241. The van der Waals surface area contributed by atoms with Crippen molar-refractivity contribution >= 4 is 34.0 Å². The van der Waals surface area contributed by atoms with Crippen LogP contribution in [0.1, 0.15) is 24.3 Å². The van der Waals surface area contributed by atoms with Crippen molar-refractivity contribution in [3.63, 3.8) is 0 Å². The lowest BCUT2D eigenvalue weighted by molar-refractivity contribution is 0.759. The van der Waals surface area contributed by atoms with Gasteiger partial charge in [-0.15, -0.1) is 11.3 Å². The van der Waals surface area contributed by atoms with Gasteiger partial charge in [0.15, 0.2) is 5.65 Å². The van der Waals surface area contributed by atoms with E-state index < -0.39 is 0 Å². The van der Waals surface area contributed by atoms with Gasteiger partial charge in [0, 0.05) is 4.88 Å². The number of anilines is 2. The van der Waals surface area contributed by atoms with Crippen LogP contribution < -0.4 is 11.1 Å². The van der Waals surface area contributed by atoms with Crippen LogP contribution >= 0.6 is 11.3 Å². The molecule has 3 heterocycles. The maximum Gasteiger partial charge on any atom is 0.166 e. The van der Waals surface area contributed by atoms with E-state index in [9.17, 15) is 0 Å². The predicted octanol–water partition coefficient (Wildman–Crippen LogP) is 3.23. The third-order valence-electron chi connectivity index (χ3n) is 3.12. The monoisotopic (exact) mass is 285 g/mol. The number of fused-ring (bicyclic) bond motifs is 1. The number of hydrogen-bond donors (Lipinski definition) is 2. The predicted molar refractivity (Wildman–Crippen MR) is 82.7 cm³/mol. The highest BCUT2D eigenvalue weighted by Gasteiger charge is 2.13. The van der Waals surface area contributed by atoms with Crippen LogP contribution in [0.15, 0.2) is 36.0 Å². The van der Waals surface area contributed by atoms with Crippen LogP contribution in [0.25, 0.3) is 11.0 Å². The Balaban J connectivity index is 1.98. The van der Waals surface area contributed by atoms with Gasteiger partial charge < -0.3 is 11.1 Å². The average Bonchev–Trinajstić information content (AvgIpc) is 2.98. The third-order valence-corrected chi connectivity index (χ3v) is 4.11. The van der Waals surface area contributed by atoms with Gasteiger partial charge in [-0.3, -0.25) is 0 Å². The fourth-order valence-electron chi connectivity index (χ4n) is 2.10. The lowest BCUT2D eigenvalue weighted by atomic mass is 10.2. The highest BCUT2D eigenvalue weighted by molar-refractivity contribution is 7.10. The van der Waals surface area contributed by atoms with Crippen molar-refractivity contribution in [2.45, 2.75) is 19.4 Å². The number of pyridine rings is 1. The zero-order valence-corrected chi connectivity index (χ0v) is 11.9. The van der Waals surface area contributed by atoms with Gasteiger partial charge in [-0.2, -0.15) is 0 Å². The molecule has 20 heavy (non-hydrogen) atoms. The van der Waals surface area contributed by atoms with Crippen LogP contribution in [0.3, 0.4) is 0 Å². The van der Waals surface area contributed by atoms with Gasteiger partial charge in [0.2, 0.25) is 0 Å². The highest BCUT2D eigenvalue weighted by Crippen LogP contribution is 2.28. The third kappa shape index (κ3) is 2.42. The molecular weight excluding hydrogens is 270 g/mol. The Kier molecular flexibility index (Phi) is 3.47. The molecular formula is C14H15N5S. The second kappa shape index (κ2) is 5.42. The van der Waals surface area contributed by atoms with Crippen molar-refractivity contribution in [2.24, 2.45) is 0 Å². The van der Waals surface area contributed by atoms with Crippen LogP contribution in [0, 0.1) is 0 Å². The number of aromatic nitrogens is 3. The maximum atomic E-state index is 5.69. The molecule has 0 radical (unpaired) electrons. The molecule has 1 atom stereocenters. The van der Waals surface area contributed by atoms with E-state index >= 15 is 0 Å². The molecule has 3 N–H and O–H groups in total. The van der Waals surface area contributed by atoms with Gasteiger partial charge in [0.1, 0.15) is 18.0 Å². The summed E-state index contributed by atoms with van der Waals surface area (Å²) >= 11 is 1.74. The normalized spacial score (nSPS) is 12.4. The molecule has 0 saturated heterocycles. The van der Waals surface area contributed by atoms with Gasteiger partial charge >= 0.3 is 0 Å². The second-order valence-corrected chi connectivity index (χ2v) is 5.43. The van der Waals surface area contributed by atoms with Gasteiger partial charge in [0.25, 0.3) is 0 Å². The van der Waals surface area contributed by atoms with Crippen LogP contribution in [-0.4, -0.2) is 15.0 Å². The molecule has 0 amide bonds. The molecule has 3 aromatic heterocycles. The summed E-state index contributed by atoms with van der Waals surface area (Å²) in [6, 6.07) is 8.10. The number of nitrogens with one attached hydrogen (secondary N) is 1. The Bertz CT molecular complexity index is 711. The molecule has 0 aliphatic heterocycles. The van der Waals surface area contributed by atoms with Gasteiger partial charge in [-0.05, 0) is 30.0 Å². The molecule has 5 nitrogen and oxygen atoms in total. The van der Waals surface area contributed by atoms with Crippen molar-refractivity contribution in [3.8, 4) is 0 Å². The molecule has 0 bridgehead atoms. The lowest BCUT2D eigenvalue weighted by Crippen LogP contribution is -2.10. The minimum Gasteiger partial charge on any atom is -0.384 e. The number of hydrogen-bond acceptors (Lipinski definition) is 6. The number of nitrogens with zero attached hydrogens (tertiary/aromatic N) is 3. The number of thiophene rings is 1. The molecule has 0 saturated carbocycles. The van der Waals surface area contributed by atoms with E-state index in [4.69, 9.17) is 5.73 Å². The molecule has 0 aromatic carbocycles. The zero-order chi connectivity index (χ0) is 13.9. The van der Waals surface area contributed by atoms with E-state index in [1.807, 2.05) is 6.07 Å². The quantitative estimate of drug-likeness (QED) is 0.769. The van der Waals surface area contributed by atoms with Gasteiger partial charge in [-0.25, -0.2) is 15.0 Å². The first-order valence-electron chi connectivity index (χ1n) is 6.45. The SMILES string of the molecule is CC[C@@H](Nc1ncnc2nc(N)ccc12)c1cccs1. The Morgan fingerprint density at radius 3 is 2.95 bits per heavy atom. The first-order chi connectivity index (χ1) is 9.78. The van der Waals surface area contributed by atoms with E-state index in [2.05, 4.69) is 44.7 Å². The molecule has 3 rings (SSSR count). The Hall–Kier alpha value is -2.21. The second-order valence-electron chi connectivity index (χ2n) is 4.45. The highest BCUT2D eigenvalue weighted by atomic mass is 32.1. The maximum absolute atomic E-state index is 5.69. The molecule has 0 fully saturated rings. The Labute approximate surface area is 120 Å². The average molecular weight is 285 g/mol. The van der Waals surface area contributed by atoms with Crippen molar-refractivity contribution in [1.29, 1.82) is 0 Å². The minimum atomic E-state index is 0.241. The summed E-state index contributed by atoms with van der Waals surface area (Å²) in [5.74, 6) is 1.26. The first-order valence-corrected chi connectivity index (χ1v) is 7.33. The number of nitrogens with two attached hydrogens (primary N) is 1. The molecule has 3 aromatic rings. The molecule has 0 unspecified atom stereocenters. The standard InChI is InChI=1S/C14H15N5S/c1-2-10(11-4-3-7-20-11)18-13-9-5-6-12(15)19-14(9)17-8-16-13/h3-8,10H,2H2,1H3,(H3,15,16,17,18,19)/t10-/m1/s1. The summed E-state index contributed by atoms with van der Waals surface area (Å²) in [6.07, 6.45) is 2.49. The molecule has 6 heteroatoms. The van der Waals surface area contributed by atoms with E-state index in [0.717, 1.165) is 17.6 Å². The summed E-state index contributed by atoms with van der Waals surface area (Å²) in [4.78, 5) is 14.0. The Morgan fingerprint density at radius 1 is 1.30 bits per heavy atom. The summed E-state index contributed by atoms with van der Waals surface area (Å²) in [6.45, 7) is 2.15. The van der Waals surface area contributed by atoms with Crippen molar-refractivity contribution < 1.29 is 0 Å². The van der Waals surface area contributed by atoms with Gasteiger partial charge in [0.05, 0.1) is 11.4 Å². The van der Waals surface area contributed by atoms with E-state index in [1.54, 1.807) is 17.4 Å². The largest absolute Gasteiger partial charge is 0.384 e. The fraction of sp³-hybridized carbons (Fsp3) is 0.214. The van der Waals surface area contributed by atoms with Crippen molar-refractivity contribution in [3.05, 3.63) is 40.8 Å². The lowest BCUT2D eigenvalue weighted by Gasteiger charge is -2.17. The van der Waals surface area contributed by atoms with Crippen molar-refractivity contribution in [1.82, 2.24) is 15.0 Å². The smallest absolute Gasteiger partial charge is 0.166 e. The summed E-state index contributed by atoms with van der Waals surface area (Å²) in [5.41, 5.74) is 6.30. The zero-order valence-electron chi connectivity index (χ0n) is 11.1.